The van der Waals surface area contributed by atoms with Gasteiger partial charge in [-0.05, 0) is 42.0 Å². The van der Waals surface area contributed by atoms with Crippen molar-refractivity contribution in [3.63, 3.8) is 0 Å². The van der Waals surface area contributed by atoms with E-state index in [9.17, 15) is 22.4 Å². The fourth-order valence-electron chi connectivity index (χ4n) is 2.78. The monoisotopic (exact) mass is 410 g/mol. The van der Waals surface area contributed by atoms with Crippen molar-refractivity contribution < 1.29 is 22.4 Å². The Hall–Kier alpha value is -2.45. The molecular formula is C18H16ClFN2O4S. The molecule has 1 aliphatic rings. The maximum absolute atomic E-state index is 13.1. The number of hydrogen-bond acceptors (Lipinski definition) is 4. The van der Waals surface area contributed by atoms with Crippen LogP contribution in [0.4, 0.5) is 15.8 Å². The molecule has 142 valence electrons. The van der Waals surface area contributed by atoms with Gasteiger partial charge in [-0.15, -0.1) is 0 Å². The fraction of sp³-hybridized carbons (Fsp3) is 0.222. The predicted molar refractivity (Wildman–Crippen MR) is 100 cm³/mol. The Labute approximate surface area is 160 Å². The Morgan fingerprint density at radius 1 is 1.26 bits per heavy atom. The topological polar surface area (TPSA) is 83.6 Å². The number of rotatable bonds is 5. The van der Waals surface area contributed by atoms with Crippen LogP contribution in [0.2, 0.25) is 5.02 Å². The summed E-state index contributed by atoms with van der Waals surface area (Å²) < 4.78 is 38.1. The summed E-state index contributed by atoms with van der Waals surface area (Å²) in [6.45, 7) is 0. The van der Waals surface area contributed by atoms with Crippen LogP contribution in [0.5, 0.6) is 0 Å². The maximum atomic E-state index is 13.1. The van der Waals surface area contributed by atoms with Gasteiger partial charge in [0.2, 0.25) is 11.8 Å². The van der Waals surface area contributed by atoms with E-state index in [1.54, 1.807) is 13.1 Å². The highest BCUT2D eigenvalue weighted by Crippen LogP contribution is 2.30. The zero-order chi connectivity index (χ0) is 19.8. The lowest BCUT2D eigenvalue weighted by molar-refractivity contribution is -0.117. The first-order valence-corrected chi connectivity index (χ1v) is 10.1. The highest BCUT2D eigenvalue weighted by atomic mass is 35.5. The van der Waals surface area contributed by atoms with Crippen LogP contribution in [0.25, 0.3) is 0 Å². The number of nitrogens with one attached hydrogen (secondary N) is 1. The number of carbonyl (C=O) groups is 2. The molecule has 2 aromatic rings. The molecule has 0 radical (unpaired) electrons. The van der Waals surface area contributed by atoms with Gasteiger partial charge < -0.3 is 10.2 Å². The molecule has 0 spiro atoms. The van der Waals surface area contributed by atoms with E-state index in [0.29, 0.717) is 11.3 Å². The second-order valence-corrected chi connectivity index (χ2v) is 8.68. The molecule has 9 heteroatoms. The molecule has 3 rings (SSSR count). The molecule has 0 saturated carbocycles. The van der Waals surface area contributed by atoms with Crippen molar-refractivity contribution >= 4 is 44.6 Å². The van der Waals surface area contributed by atoms with Crippen molar-refractivity contribution in [3.05, 3.63) is 52.8 Å². The normalized spacial score (nSPS) is 13.6. The number of hydrogen-bond donors (Lipinski definition) is 1. The van der Waals surface area contributed by atoms with Crippen LogP contribution in [0.3, 0.4) is 0 Å². The smallest absolute Gasteiger partial charge is 0.231 e. The van der Waals surface area contributed by atoms with E-state index in [-0.39, 0.29) is 34.4 Å². The number of fused-ring (bicyclic) bond motifs is 1. The highest BCUT2D eigenvalue weighted by molar-refractivity contribution is 7.91. The predicted octanol–water partition coefficient (Wildman–Crippen LogP) is 2.80. The third kappa shape index (κ3) is 4.12. The second kappa shape index (κ2) is 7.28. The minimum absolute atomic E-state index is 0.0713. The quantitative estimate of drug-likeness (QED) is 0.821. The standard InChI is InChI=1S/C18H16ClFN2O4S/c1-22-16-5-3-13(8-11(16)9-18(22)24)27(25,26)7-6-17(23)21-12-2-4-15(20)14(19)10-12/h2-5,8,10H,6-7,9H2,1H3,(H,21,23). The van der Waals surface area contributed by atoms with Gasteiger partial charge in [-0.2, -0.15) is 0 Å². The number of amides is 2. The van der Waals surface area contributed by atoms with Crippen LogP contribution in [0.15, 0.2) is 41.3 Å². The van der Waals surface area contributed by atoms with E-state index in [0.717, 1.165) is 6.07 Å². The van der Waals surface area contributed by atoms with Gasteiger partial charge in [-0.3, -0.25) is 9.59 Å². The Kier molecular flexibility index (Phi) is 5.21. The lowest BCUT2D eigenvalue weighted by Crippen LogP contribution is -2.20. The minimum Gasteiger partial charge on any atom is -0.326 e. The van der Waals surface area contributed by atoms with E-state index in [1.807, 2.05) is 0 Å². The number of halogens is 2. The van der Waals surface area contributed by atoms with Crippen molar-refractivity contribution in [2.24, 2.45) is 0 Å². The van der Waals surface area contributed by atoms with Gasteiger partial charge in [-0.1, -0.05) is 11.6 Å². The van der Waals surface area contributed by atoms with E-state index >= 15 is 0 Å². The van der Waals surface area contributed by atoms with E-state index in [2.05, 4.69) is 5.32 Å². The Balaban J connectivity index is 1.66. The average Bonchev–Trinajstić information content (AvgIpc) is 2.90. The number of carbonyl (C=O) groups excluding carboxylic acids is 2. The summed E-state index contributed by atoms with van der Waals surface area (Å²) in [5.74, 6) is -1.64. The van der Waals surface area contributed by atoms with Crippen molar-refractivity contribution in [1.82, 2.24) is 0 Å². The van der Waals surface area contributed by atoms with E-state index < -0.39 is 27.3 Å². The average molecular weight is 411 g/mol. The van der Waals surface area contributed by atoms with Crippen LogP contribution in [-0.4, -0.2) is 33.0 Å². The number of sulfone groups is 1. The van der Waals surface area contributed by atoms with Gasteiger partial charge in [-0.25, -0.2) is 12.8 Å². The first-order valence-electron chi connectivity index (χ1n) is 8.04. The Morgan fingerprint density at radius 3 is 2.70 bits per heavy atom. The lowest BCUT2D eigenvalue weighted by Gasteiger charge is -2.11. The molecule has 0 unspecified atom stereocenters. The Bertz CT molecular complexity index is 1040. The lowest BCUT2D eigenvalue weighted by atomic mass is 10.2. The minimum atomic E-state index is -3.70. The molecule has 0 saturated heterocycles. The molecule has 0 aliphatic carbocycles. The number of likely N-dealkylation sites (N-methyl/N-ethyl adjacent to an activating group) is 1. The summed E-state index contributed by atoms with van der Waals surface area (Å²) in [7, 11) is -2.06. The van der Waals surface area contributed by atoms with Gasteiger partial charge in [0.25, 0.3) is 0 Å². The molecule has 2 aromatic carbocycles. The molecule has 0 atom stereocenters. The summed E-state index contributed by atoms with van der Waals surface area (Å²) in [4.78, 5) is 25.3. The molecule has 2 amide bonds. The SMILES string of the molecule is CN1C(=O)Cc2cc(S(=O)(=O)CCC(=O)Nc3ccc(F)c(Cl)c3)ccc21. The fourth-order valence-corrected chi connectivity index (χ4v) is 4.25. The molecule has 1 aliphatic heterocycles. The maximum Gasteiger partial charge on any atom is 0.231 e. The number of benzene rings is 2. The Morgan fingerprint density at radius 2 is 2.00 bits per heavy atom. The molecular weight excluding hydrogens is 395 g/mol. The molecule has 1 heterocycles. The van der Waals surface area contributed by atoms with Crippen LogP contribution in [0.1, 0.15) is 12.0 Å². The molecule has 0 aromatic heterocycles. The molecule has 1 N–H and O–H groups in total. The second-order valence-electron chi connectivity index (χ2n) is 6.17. The van der Waals surface area contributed by atoms with Crippen LogP contribution in [-0.2, 0) is 25.8 Å². The zero-order valence-corrected chi connectivity index (χ0v) is 15.9. The van der Waals surface area contributed by atoms with Crippen LogP contribution < -0.4 is 10.2 Å². The first-order chi connectivity index (χ1) is 12.7. The summed E-state index contributed by atoms with van der Waals surface area (Å²) in [6.07, 6.45) is -0.117. The number of anilines is 2. The van der Waals surface area contributed by atoms with E-state index in [1.165, 1.54) is 29.2 Å². The molecule has 6 nitrogen and oxygen atoms in total. The van der Waals surface area contributed by atoms with Crippen molar-refractivity contribution in [1.29, 1.82) is 0 Å². The molecule has 0 bridgehead atoms. The van der Waals surface area contributed by atoms with Gasteiger partial charge in [0.15, 0.2) is 9.84 Å². The van der Waals surface area contributed by atoms with Crippen LogP contribution in [0, 0.1) is 5.82 Å². The summed E-state index contributed by atoms with van der Waals surface area (Å²) >= 11 is 5.64. The van der Waals surface area contributed by atoms with Gasteiger partial charge in [0.05, 0.1) is 22.1 Å². The third-order valence-electron chi connectivity index (χ3n) is 4.29. The number of nitrogens with zero attached hydrogens (tertiary/aromatic N) is 1. The first kappa shape index (κ1) is 19.3. The summed E-state index contributed by atoms with van der Waals surface area (Å²) in [5.41, 5.74) is 1.61. The third-order valence-corrected chi connectivity index (χ3v) is 6.29. The largest absolute Gasteiger partial charge is 0.326 e. The highest BCUT2D eigenvalue weighted by Gasteiger charge is 2.26. The summed E-state index contributed by atoms with van der Waals surface area (Å²) in [5, 5.41) is 2.34. The molecule has 27 heavy (non-hydrogen) atoms. The van der Waals surface area contributed by atoms with Crippen molar-refractivity contribution in [2.75, 3.05) is 23.0 Å². The van der Waals surface area contributed by atoms with Crippen LogP contribution >= 0.6 is 11.6 Å². The molecule has 0 fully saturated rings. The van der Waals surface area contributed by atoms with Gasteiger partial charge >= 0.3 is 0 Å². The van der Waals surface area contributed by atoms with Crippen molar-refractivity contribution in [2.45, 2.75) is 17.7 Å². The zero-order valence-electron chi connectivity index (χ0n) is 14.3. The van der Waals surface area contributed by atoms with Gasteiger partial charge in [0, 0.05) is 24.8 Å². The van der Waals surface area contributed by atoms with Gasteiger partial charge in [0.1, 0.15) is 5.82 Å². The van der Waals surface area contributed by atoms with E-state index in [4.69, 9.17) is 11.6 Å². The summed E-state index contributed by atoms with van der Waals surface area (Å²) in [6, 6.07) is 8.19. The van der Waals surface area contributed by atoms with Crippen molar-refractivity contribution in [3.8, 4) is 0 Å².